The average molecular weight is 193 g/mol. The van der Waals surface area contributed by atoms with Gasteiger partial charge in [0.05, 0.1) is 0 Å². The van der Waals surface area contributed by atoms with Gasteiger partial charge in [-0.15, -0.1) is 0 Å². The maximum atomic E-state index is 5.57. The minimum absolute atomic E-state index is 0.728. The minimum Gasteiger partial charge on any atom is -0.492 e. The topological polar surface area (TPSA) is 21.3 Å². The highest BCUT2D eigenvalue weighted by molar-refractivity contribution is 5.28. The molecule has 0 fully saturated rings. The van der Waals surface area contributed by atoms with Crippen LogP contribution in [0.25, 0.3) is 0 Å². The lowest BCUT2D eigenvalue weighted by molar-refractivity contribution is 0.318. The standard InChI is InChI=1S/C12H19NO/c1-3-5-11-6-4-7-12(10-11)14-9-8-13-2/h4,6-7,10,13H,3,5,8-9H2,1-2H3. The van der Waals surface area contributed by atoms with Crippen molar-refractivity contribution in [2.45, 2.75) is 19.8 Å². The van der Waals surface area contributed by atoms with Crippen molar-refractivity contribution in [1.29, 1.82) is 0 Å². The number of hydrogen-bond donors (Lipinski definition) is 1. The van der Waals surface area contributed by atoms with Gasteiger partial charge in [0.2, 0.25) is 0 Å². The number of nitrogens with one attached hydrogen (secondary N) is 1. The van der Waals surface area contributed by atoms with Crippen LogP contribution in [0.3, 0.4) is 0 Å². The van der Waals surface area contributed by atoms with Crippen molar-refractivity contribution in [1.82, 2.24) is 5.32 Å². The van der Waals surface area contributed by atoms with Crippen LogP contribution in [-0.4, -0.2) is 20.2 Å². The van der Waals surface area contributed by atoms with Gasteiger partial charge in [-0.2, -0.15) is 0 Å². The molecule has 0 atom stereocenters. The van der Waals surface area contributed by atoms with Crippen molar-refractivity contribution in [2.75, 3.05) is 20.2 Å². The van der Waals surface area contributed by atoms with Crippen LogP contribution in [-0.2, 0) is 6.42 Å². The Morgan fingerprint density at radius 2 is 2.21 bits per heavy atom. The zero-order valence-corrected chi connectivity index (χ0v) is 9.05. The van der Waals surface area contributed by atoms with Crippen LogP contribution >= 0.6 is 0 Å². The van der Waals surface area contributed by atoms with Crippen molar-refractivity contribution < 1.29 is 4.74 Å². The second kappa shape index (κ2) is 6.44. The van der Waals surface area contributed by atoms with E-state index in [0.717, 1.165) is 25.3 Å². The predicted molar refractivity (Wildman–Crippen MR) is 59.9 cm³/mol. The van der Waals surface area contributed by atoms with E-state index in [0.29, 0.717) is 0 Å². The summed E-state index contributed by atoms with van der Waals surface area (Å²) in [5.74, 6) is 0.978. The fourth-order valence-corrected chi connectivity index (χ4v) is 1.35. The zero-order valence-electron chi connectivity index (χ0n) is 9.05. The minimum atomic E-state index is 0.728. The van der Waals surface area contributed by atoms with Crippen molar-refractivity contribution in [2.24, 2.45) is 0 Å². The van der Waals surface area contributed by atoms with Gasteiger partial charge in [0.1, 0.15) is 12.4 Å². The summed E-state index contributed by atoms with van der Waals surface area (Å²) in [6.07, 6.45) is 2.31. The summed E-state index contributed by atoms with van der Waals surface area (Å²) in [7, 11) is 1.93. The van der Waals surface area contributed by atoms with E-state index < -0.39 is 0 Å². The molecule has 0 aliphatic carbocycles. The van der Waals surface area contributed by atoms with Gasteiger partial charge in [0.25, 0.3) is 0 Å². The Morgan fingerprint density at radius 1 is 1.36 bits per heavy atom. The Labute approximate surface area is 86.3 Å². The molecule has 0 amide bonds. The molecule has 0 bridgehead atoms. The van der Waals surface area contributed by atoms with Crippen LogP contribution in [0.1, 0.15) is 18.9 Å². The predicted octanol–water partition coefficient (Wildman–Crippen LogP) is 2.24. The maximum Gasteiger partial charge on any atom is 0.119 e. The molecule has 0 aromatic heterocycles. The Morgan fingerprint density at radius 3 is 2.93 bits per heavy atom. The largest absolute Gasteiger partial charge is 0.492 e. The van der Waals surface area contributed by atoms with Crippen LogP contribution in [0.5, 0.6) is 5.75 Å². The number of rotatable bonds is 6. The monoisotopic (exact) mass is 193 g/mol. The van der Waals surface area contributed by atoms with E-state index in [1.807, 2.05) is 13.1 Å². The second-order valence-electron chi connectivity index (χ2n) is 3.35. The molecule has 1 aromatic rings. The van der Waals surface area contributed by atoms with Gasteiger partial charge >= 0.3 is 0 Å². The third-order valence-electron chi connectivity index (χ3n) is 2.06. The van der Waals surface area contributed by atoms with E-state index in [9.17, 15) is 0 Å². The Balaban J connectivity index is 2.46. The van der Waals surface area contributed by atoms with Crippen molar-refractivity contribution in [3.05, 3.63) is 29.8 Å². The summed E-state index contributed by atoms with van der Waals surface area (Å²) >= 11 is 0. The van der Waals surface area contributed by atoms with Crippen LogP contribution in [0.15, 0.2) is 24.3 Å². The van der Waals surface area contributed by atoms with Crippen molar-refractivity contribution in [3.8, 4) is 5.75 Å². The van der Waals surface area contributed by atoms with Crippen molar-refractivity contribution in [3.63, 3.8) is 0 Å². The van der Waals surface area contributed by atoms with Crippen LogP contribution in [0, 0.1) is 0 Å². The smallest absolute Gasteiger partial charge is 0.119 e. The summed E-state index contributed by atoms with van der Waals surface area (Å²) in [4.78, 5) is 0. The van der Waals surface area contributed by atoms with Crippen LogP contribution < -0.4 is 10.1 Å². The molecule has 14 heavy (non-hydrogen) atoms. The lowest BCUT2D eigenvalue weighted by Crippen LogP contribution is -2.15. The van der Waals surface area contributed by atoms with Gasteiger partial charge in [-0.05, 0) is 31.2 Å². The van der Waals surface area contributed by atoms with Gasteiger partial charge in [0, 0.05) is 6.54 Å². The third-order valence-corrected chi connectivity index (χ3v) is 2.06. The van der Waals surface area contributed by atoms with Gasteiger partial charge in [-0.1, -0.05) is 25.5 Å². The number of benzene rings is 1. The van der Waals surface area contributed by atoms with E-state index in [2.05, 4.69) is 30.4 Å². The fraction of sp³-hybridized carbons (Fsp3) is 0.500. The number of likely N-dealkylation sites (N-methyl/N-ethyl adjacent to an activating group) is 1. The first-order valence-electron chi connectivity index (χ1n) is 5.23. The molecule has 0 saturated carbocycles. The lowest BCUT2D eigenvalue weighted by atomic mass is 10.1. The molecule has 0 aliphatic rings. The molecule has 0 heterocycles. The average Bonchev–Trinajstić information content (AvgIpc) is 2.19. The first-order valence-corrected chi connectivity index (χ1v) is 5.23. The zero-order chi connectivity index (χ0) is 10.2. The second-order valence-corrected chi connectivity index (χ2v) is 3.35. The summed E-state index contributed by atoms with van der Waals surface area (Å²) < 4.78 is 5.57. The van der Waals surface area contributed by atoms with Crippen molar-refractivity contribution >= 4 is 0 Å². The third kappa shape index (κ3) is 3.79. The molecule has 0 spiro atoms. The Bertz CT molecular complexity index is 260. The molecule has 2 heteroatoms. The van der Waals surface area contributed by atoms with Gasteiger partial charge < -0.3 is 10.1 Å². The number of ether oxygens (including phenoxy) is 1. The Kier molecular flexibility index (Phi) is 5.08. The van der Waals surface area contributed by atoms with Gasteiger partial charge in [0.15, 0.2) is 0 Å². The molecule has 2 nitrogen and oxygen atoms in total. The van der Waals surface area contributed by atoms with E-state index in [4.69, 9.17) is 4.74 Å². The highest BCUT2D eigenvalue weighted by Crippen LogP contribution is 2.14. The lowest BCUT2D eigenvalue weighted by Gasteiger charge is -2.07. The summed E-state index contributed by atoms with van der Waals surface area (Å²) in [5, 5.41) is 3.05. The number of aryl methyl sites for hydroxylation is 1. The van der Waals surface area contributed by atoms with E-state index in [1.165, 1.54) is 12.0 Å². The Hall–Kier alpha value is -1.02. The summed E-state index contributed by atoms with van der Waals surface area (Å²) in [5.41, 5.74) is 1.36. The molecular formula is C12H19NO. The highest BCUT2D eigenvalue weighted by Gasteiger charge is 1.95. The summed E-state index contributed by atoms with van der Waals surface area (Å²) in [6.45, 7) is 3.80. The molecule has 0 unspecified atom stereocenters. The molecule has 0 radical (unpaired) electrons. The van der Waals surface area contributed by atoms with E-state index >= 15 is 0 Å². The van der Waals surface area contributed by atoms with Crippen LogP contribution in [0.2, 0.25) is 0 Å². The molecule has 0 aliphatic heterocycles. The molecule has 1 N–H and O–H groups in total. The normalized spacial score (nSPS) is 10.1. The molecule has 78 valence electrons. The quantitative estimate of drug-likeness (QED) is 0.700. The SMILES string of the molecule is CCCc1cccc(OCCNC)c1. The highest BCUT2D eigenvalue weighted by atomic mass is 16.5. The van der Waals surface area contributed by atoms with E-state index in [-0.39, 0.29) is 0 Å². The first-order chi connectivity index (χ1) is 6.86. The molecular weight excluding hydrogens is 174 g/mol. The maximum absolute atomic E-state index is 5.57. The first kappa shape index (κ1) is 11.1. The molecule has 1 rings (SSSR count). The van der Waals surface area contributed by atoms with Crippen LogP contribution in [0.4, 0.5) is 0 Å². The molecule has 1 aromatic carbocycles. The summed E-state index contributed by atoms with van der Waals surface area (Å²) in [6, 6.07) is 8.34. The van der Waals surface area contributed by atoms with Gasteiger partial charge in [-0.3, -0.25) is 0 Å². The fourth-order valence-electron chi connectivity index (χ4n) is 1.35. The number of hydrogen-bond acceptors (Lipinski definition) is 2. The van der Waals surface area contributed by atoms with E-state index in [1.54, 1.807) is 0 Å². The van der Waals surface area contributed by atoms with Gasteiger partial charge in [-0.25, -0.2) is 0 Å². The molecule has 0 saturated heterocycles.